The SMILES string of the molecule is Cc1nc(C2COCCO2)nc(C)c1CCCNC(C)C. The summed E-state index contributed by atoms with van der Waals surface area (Å²) in [4.78, 5) is 9.27. The summed E-state index contributed by atoms with van der Waals surface area (Å²) in [6, 6.07) is 0.536. The van der Waals surface area contributed by atoms with Gasteiger partial charge in [-0.2, -0.15) is 0 Å². The Hall–Kier alpha value is -1.04. The highest BCUT2D eigenvalue weighted by Crippen LogP contribution is 2.20. The Morgan fingerprint density at radius 3 is 2.48 bits per heavy atom. The number of hydrogen-bond donors (Lipinski definition) is 1. The Kier molecular flexibility index (Phi) is 6.08. The minimum Gasteiger partial charge on any atom is -0.376 e. The molecule has 0 bridgehead atoms. The summed E-state index contributed by atoms with van der Waals surface area (Å²) in [5, 5.41) is 3.44. The third-order valence-corrected chi connectivity index (χ3v) is 3.70. The van der Waals surface area contributed by atoms with Gasteiger partial charge in [-0.15, -0.1) is 0 Å². The van der Waals surface area contributed by atoms with Crippen LogP contribution in [-0.2, 0) is 15.9 Å². The van der Waals surface area contributed by atoms with Crippen molar-refractivity contribution in [2.75, 3.05) is 26.4 Å². The summed E-state index contributed by atoms with van der Waals surface area (Å²) in [7, 11) is 0. The van der Waals surface area contributed by atoms with E-state index in [1.165, 1.54) is 5.56 Å². The number of nitrogens with one attached hydrogen (secondary N) is 1. The van der Waals surface area contributed by atoms with Gasteiger partial charge in [0.1, 0.15) is 6.10 Å². The summed E-state index contributed by atoms with van der Waals surface area (Å²) in [5.41, 5.74) is 3.40. The minimum atomic E-state index is -0.118. The third-order valence-electron chi connectivity index (χ3n) is 3.70. The fraction of sp³-hybridized carbons (Fsp3) is 0.750. The van der Waals surface area contributed by atoms with Gasteiger partial charge in [-0.1, -0.05) is 13.8 Å². The van der Waals surface area contributed by atoms with Gasteiger partial charge in [-0.3, -0.25) is 0 Å². The second kappa shape index (κ2) is 7.82. The molecule has 0 saturated carbocycles. The van der Waals surface area contributed by atoms with Crippen molar-refractivity contribution in [1.29, 1.82) is 0 Å². The van der Waals surface area contributed by atoms with Gasteiger partial charge in [-0.25, -0.2) is 9.97 Å². The lowest BCUT2D eigenvalue weighted by molar-refractivity contribution is -0.0936. The van der Waals surface area contributed by atoms with Gasteiger partial charge >= 0.3 is 0 Å². The molecule has 2 heterocycles. The molecule has 1 atom stereocenters. The highest BCUT2D eigenvalue weighted by Gasteiger charge is 2.21. The number of hydrogen-bond acceptors (Lipinski definition) is 5. The number of ether oxygens (including phenoxy) is 2. The zero-order valence-electron chi connectivity index (χ0n) is 13.6. The molecular formula is C16H27N3O2. The summed E-state index contributed by atoms with van der Waals surface area (Å²) < 4.78 is 11.1. The van der Waals surface area contributed by atoms with E-state index in [0.717, 1.165) is 36.6 Å². The van der Waals surface area contributed by atoms with E-state index in [-0.39, 0.29) is 6.10 Å². The predicted octanol–water partition coefficient (Wildman–Crippen LogP) is 2.11. The fourth-order valence-corrected chi connectivity index (χ4v) is 2.56. The van der Waals surface area contributed by atoms with Crippen LogP contribution in [-0.4, -0.2) is 42.4 Å². The summed E-state index contributed by atoms with van der Waals surface area (Å²) in [6.07, 6.45) is 2.00. The Morgan fingerprint density at radius 1 is 1.19 bits per heavy atom. The molecule has 1 fully saturated rings. The van der Waals surface area contributed by atoms with Gasteiger partial charge in [0.15, 0.2) is 5.82 Å². The van der Waals surface area contributed by atoms with Crippen molar-refractivity contribution in [1.82, 2.24) is 15.3 Å². The first-order chi connectivity index (χ1) is 10.1. The van der Waals surface area contributed by atoms with Crippen LogP contribution in [0, 0.1) is 13.8 Å². The summed E-state index contributed by atoms with van der Waals surface area (Å²) in [6.45, 7) is 11.3. The topological polar surface area (TPSA) is 56.3 Å². The van der Waals surface area contributed by atoms with Gasteiger partial charge in [0, 0.05) is 17.4 Å². The van der Waals surface area contributed by atoms with Crippen LogP contribution in [0.3, 0.4) is 0 Å². The minimum absolute atomic E-state index is 0.118. The van der Waals surface area contributed by atoms with Crippen molar-refractivity contribution in [2.45, 2.75) is 52.7 Å². The van der Waals surface area contributed by atoms with Crippen LogP contribution >= 0.6 is 0 Å². The molecule has 1 N–H and O–H groups in total. The number of aryl methyl sites for hydroxylation is 2. The van der Waals surface area contributed by atoms with E-state index >= 15 is 0 Å². The molecule has 0 aromatic carbocycles. The summed E-state index contributed by atoms with van der Waals surface area (Å²) in [5.74, 6) is 0.758. The molecule has 0 aliphatic carbocycles. The first-order valence-corrected chi connectivity index (χ1v) is 7.84. The molecule has 0 spiro atoms. The van der Waals surface area contributed by atoms with Crippen molar-refractivity contribution < 1.29 is 9.47 Å². The van der Waals surface area contributed by atoms with E-state index in [1.54, 1.807) is 0 Å². The zero-order chi connectivity index (χ0) is 15.2. The van der Waals surface area contributed by atoms with E-state index in [9.17, 15) is 0 Å². The Balaban J connectivity index is 1.99. The average Bonchev–Trinajstić information content (AvgIpc) is 2.46. The van der Waals surface area contributed by atoms with Crippen LogP contribution in [0.15, 0.2) is 0 Å². The molecular weight excluding hydrogens is 266 g/mol. The second-order valence-corrected chi connectivity index (χ2v) is 5.88. The lowest BCUT2D eigenvalue weighted by Crippen LogP contribution is -2.25. The zero-order valence-corrected chi connectivity index (χ0v) is 13.6. The maximum absolute atomic E-state index is 5.68. The Bertz CT molecular complexity index is 434. The molecule has 21 heavy (non-hydrogen) atoms. The average molecular weight is 293 g/mol. The first kappa shape index (κ1) is 16.3. The Morgan fingerprint density at radius 2 is 1.90 bits per heavy atom. The van der Waals surface area contributed by atoms with Gasteiger partial charge in [0.05, 0.1) is 19.8 Å². The monoisotopic (exact) mass is 293 g/mol. The molecule has 1 aliphatic heterocycles. The third kappa shape index (κ3) is 4.73. The van der Waals surface area contributed by atoms with E-state index in [4.69, 9.17) is 9.47 Å². The van der Waals surface area contributed by atoms with Crippen molar-refractivity contribution in [3.63, 3.8) is 0 Å². The van der Waals surface area contributed by atoms with Crippen LogP contribution in [0.25, 0.3) is 0 Å². The van der Waals surface area contributed by atoms with Crippen LogP contribution in [0.2, 0.25) is 0 Å². The fourth-order valence-electron chi connectivity index (χ4n) is 2.56. The van der Waals surface area contributed by atoms with E-state index in [2.05, 4.69) is 43.0 Å². The van der Waals surface area contributed by atoms with Crippen molar-refractivity contribution >= 4 is 0 Å². The maximum Gasteiger partial charge on any atom is 0.160 e. The van der Waals surface area contributed by atoms with Gasteiger partial charge < -0.3 is 14.8 Å². The highest BCUT2D eigenvalue weighted by atomic mass is 16.6. The molecule has 5 nitrogen and oxygen atoms in total. The van der Waals surface area contributed by atoms with Crippen molar-refractivity contribution in [3.8, 4) is 0 Å². The molecule has 0 amide bonds. The van der Waals surface area contributed by atoms with E-state index < -0.39 is 0 Å². The largest absolute Gasteiger partial charge is 0.376 e. The lowest BCUT2D eigenvalue weighted by Gasteiger charge is -2.23. The second-order valence-electron chi connectivity index (χ2n) is 5.88. The molecule has 1 aromatic heterocycles. The van der Waals surface area contributed by atoms with Gasteiger partial charge in [0.25, 0.3) is 0 Å². The van der Waals surface area contributed by atoms with Crippen molar-refractivity contribution in [2.24, 2.45) is 0 Å². The number of nitrogens with zero attached hydrogens (tertiary/aromatic N) is 2. The van der Waals surface area contributed by atoms with E-state index in [0.29, 0.717) is 25.9 Å². The molecule has 0 radical (unpaired) electrons. The molecule has 5 heteroatoms. The molecule has 1 saturated heterocycles. The molecule has 1 aromatic rings. The van der Waals surface area contributed by atoms with E-state index in [1.807, 2.05) is 0 Å². The highest BCUT2D eigenvalue weighted by molar-refractivity contribution is 5.25. The predicted molar refractivity (Wildman–Crippen MR) is 82.5 cm³/mol. The van der Waals surface area contributed by atoms with Crippen LogP contribution < -0.4 is 5.32 Å². The Labute approximate surface area is 127 Å². The number of aromatic nitrogens is 2. The molecule has 1 unspecified atom stereocenters. The van der Waals surface area contributed by atoms with Crippen LogP contribution in [0.4, 0.5) is 0 Å². The maximum atomic E-state index is 5.68. The molecule has 118 valence electrons. The summed E-state index contributed by atoms with van der Waals surface area (Å²) >= 11 is 0. The quantitative estimate of drug-likeness (QED) is 0.814. The van der Waals surface area contributed by atoms with Gasteiger partial charge in [0.2, 0.25) is 0 Å². The number of rotatable bonds is 6. The molecule has 1 aliphatic rings. The normalized spacial score (nSPS) is 19.2. The van der Waals surface area contributed by atoms with Crippen LogP contribution in [0.1, 0.15) is 49.1 Å². The standard InChI is InChI=1S/C16H27N3O2/c1-11(2)17-7-5-6-14-12(3)18-16(19-13(14)4)15-10-20-8-9-21-15/h11,15,17H,5-10H2,1-4H3. The first-order valence-electron chi connectivity index (χ1n) is 7.84. The van der Waals surface area contributed by atoms with Crippen LogP contribution in [0.5, 0.6) is 0 Å². The van der Waals surface area contributed by atoms with Crippen molar-refractivity contribution in [3.05, 3.63) is 22.8 Å². The lowest BCUT2D eigenvalue weighted by atomic mass is 10.1. The smallest absolute Gasteiger partial charge is 0.160 e. The van der Waals surface area contributed by atoms with Gasteiger partial charge in [-0.05, 0) is 38.8 Å². The molecule has 2 rings (SSSR count).